The summed E-state index contributed by atoms with van der Waals surface area (Å²) in [6.07, 6.45) is 4.31. The molecule has 3 amide bonds. The smallest absolute Gasteiger partial charge is 0.312 e. The number of hydrogen-bond acceptors (Lipinski definition) is 2. The molecule has 0 aromatic heterocycles. The number of nitrogens with zero attached hydrogens (tertiary/aromatic N) is 1. The lowest BCUT2D eigenvalue weighted by Gasteiger charge is -2.37. The van der Waals surface area contributed by atoms with Gasteiger partial charge in [0.1, 0.15) is 6.54 Å². The standard InChI is InChI=1S/C11H18N2O2/c1-11(2)5-3-8(4-6-11)13-7-9(14)12-10(13)15/h8H,3-7H2,1-2H3,(H,12,14,15). The van der Waals surface area contributed by atoms with E-state index in [1.54, 1.807) is 4.90 Å². The Labute approximate surface area is 90.0 Å². The summed E-state index contributed by atoms with van der Waals surface area (Å²) in [6, 6.07) is 0.0641. The monoisotopic (exact) mass is 210 g/mol. The van der Waals surface area contributed by atoms with Crippen molar-refractivity contribution in [2.24, 2.45) is 5.41 Å². The van der Waals surface area contributed by atoms with Gasteiger partial charge in [-0.1, -0.05) is 13.8 Å². The first-order valence-corrected chi connectivity index (χ1v) is 5.58. The predicted molar refractivity (Wildman–Crippen MR) is 56.3 cm³/mol. The van der Waals surface area contributed by atoms with Crippen molar-refractivity contribution in [2.75, 3.05) is 6.54 Å². The van der Waals surface area contributed by atoms with Crippen LogP contribution < -0.4 is 5.32 Å². The summed E-state index contributed by atoms with van der Waals surface area (Å²) in [7, 11) is 0. The molecule has 1 saturated carbocycles. The molecule has 0 radical (unpaired) electrons. The first kappa shape index (κ1) is 10.5. The van der Waals surface area contributed by atoms with E-state index in [4.69, 9.17) is 0 Å². The van der Waals surface area contributed by atoms with Crippen molar-refractivity contribution in [3.63, 3.8) is 0 Å². The molecule has 1 saturated heterocycles. The molecule has 1 heterocycles. The summed E-state index contributed by atoms with van der Waals surface area (Å²) in [6.45, 7) is 4.78. The van der Waals surface area contributed by atoms with Crippen LogP contribution in [-0.4, -0.2) is 29.4 Å². The molecule has 1 N–H and O–H groups in total. The molecule has 2 aliphatic rings. The molecule has 4 nitrogen and oxygen atoms in total. The van der Waals surface area contributed by atoms with Gasteiger partial charge in [-0.3, -0.25) is 10.1 Å². The maximum Gasteiger partial charge on any atom is 0.324 e. The normalized spacial score (nSPS) is 26.9. The van der Waals surface area contributed by atoms with E-state index in [1.807, 2.05) is 0 Å². The second kappa shape index (κ2) is 3.51. The summed E-state index contributed by atoms with van der Waals surface area (Å²) in [5.74, 6) is -0.162. The summed E-state index contributed by atoms with van der Waals surface area (Å²) >= 11 is 0. The van der Waals surface area contributed by atoms with Crippen LogP contribution in [0.2, 0.25) is 0 Å². The van der Waals surface area contributed by atoms with E-state index in [0.717, 1.165) is 25.7 Å². The van der Waals surface area contributed by atoms with Gasteiger partial charge < -0.3 is 4.90 Å². The quantitative estimate of drug-likeness (QED) is 0.667. The summed E-state index contributed by atoms with van der Waals surface area (Å²) in [4.78, 5) is 24.2. The zero-order chi connectivity index (χ0) is 11.1. The van der Waals surface area contributed by atoms with Crippen LogP contribution in [0.5, 0.6) is 0 Å². The van der Waals surface area contributed by atoms with Crippen LogP contribution in [0.25, 0.3) is 0 Å². The van der Waals surface area contributed by atoms with Crippen molar-refractivity contribution in [3.8, 4) is 0 Å². The molecule has 1 aliphatic heterocycles. The number of hydrogen-bond donors (Lipinski definition) is 1. The maximum atomic E-state index is 11.4. The van der Waals surface area contributed by atoms with E-state index < -0.39 is 0 Å². The van der Waals surface area contributed by atoms with Crippen molar-refractivity contribution >= 4 is 11.9 Å². The largest absolute Gasteiger partial charge is 0.324 e. The Morgan fingerprint density at radius 1 is 1.27 bits per heavy atom. The molecule has 0 spiro atoms. The molecule has 2 rings (SSSR count). The Bertz CT molecular complexity index is 289. The number of carbonyl (C=O) groups excluding carboxylic acids is 2. The van der Waals surface area contributed by atoms with Gasteiger partial charge in [0.2, 0.25) is 5.91 Å². The second-order valence-corrected chi connectivity index (χ2v) is 5.38. The molecule has 1 aliphatic carbocycles. The Kier molecular flexibility index (Phi) is 2.44. The van der Waals surface area contributed by atoms with E-state index in [1.165, 1.54) is 0 Å². The molecule has 0 aromatic carbocycles. The Hall–Kier alpha value is -1.06. The van der Waals surface area contributed by atoms with Crippen molar-refractivity contribution in [3.05, 3.63) is 0 Å². The van der Waals surface area contributed by atoms with Gasteiger partial charge in [-0.25, -0.2) is 4.79 Å². The molecule has 0 atom stereocenters. The number of carbonyl (C=O) groups is 2. The first-order chi connectivity index (χ1) is 6.98. The summed E-state index contributed by atoms with van der Waals surface area (Å²) < 4.78 is 0. The van der Waals surface area contributed by atoms with Crippen molar-refractivity contribution in [1.82, 2.24) is 10.2 Å². The number of rotatable bonds is 1. The van der Waals surface area contributed by atoms with Gasteiger partial charge >= 0.3 is 6.03 Å². The van der Waals surface area contributed by atoms with Crippen LogP contribution in [0.3, 0.4) is 0 Å². The highest BCUT2D eigenvalue weighted by Crippen LogP contribution is 2.37. The highest BCUT2D eigenvalue weighted by Gasteiger charge is 2.36. The van der Waals surface area contributed by atoms with E-state index in [0.29, 0.717) is 5.41 Å². The fourth-order valence-electron chi connectivity index (χ4n) is 2.45. The van der Waals surface area contributed by atoms with Gasteiger partial charge in [0.15, 0.2) is 0 Å². The lowest BCUT2D eigenvalue weighted by molar-refractivity contribution is -0.118. The second-order valence-electron chi connectivity index (χ2n) is 5.38. The van der Waals surface area contributed by atoms with Gasteiger partial charge in [0.25, 0.3) is 0 Å². The SMILES string of the molecule is CC1(C)CCC(N2CC(=O)NC2=O)CC1. The third kappa shape index (κ3) is 2.13. The van der Waals surface area contributed by atoms with E-state index in [2.05, 4.69) is 19.2 Å². The van der Waals surface area contributed by atoms with Crippen molar-refractivity contribution in [2.45, 2.75) is 45.6 Å². The molecule has 0 unspecified atom stereocenters. The third-order valence-electron chi connectivity index (χ3n) is 3.57. The highest BCUT2D eigenvalue weighted by atomic mass is 16.2. The first-order valence-electron chi connectivity index (χ1n) is 5.58. The minimum absolute atomic E-state index is 0.162. The van der Waals surface area contributed by atoms with Crippen LogP contribution in [-0.2, 0) is 4.79 Å². The van der Waals surface area contributed by atoms with Gasteiger partial charge in [-0.15, -0.1) is 0 Å². The predicted octanol–water partition coefficient (Wildman–Crippen LogP) is 1.51. The van der Waals surface area contributed by atoms with E-state index in [-0.39, 0.29) is 24.5 Å². The Balaban J connectivity index is 1.96. The number of nitrogens with one attached hydrogen (secondary N) is 1. The fourth-order valence-corrected chi connectivity index (χ4v) is 2.45. The lowest BCUT2D eigenvalue weighted by atomic mass is 9.75. The molecular formula is C11H18N2O2. The van der Waals surface area contributed by atoms with Crippen LogP contribution >= 0.6 is 0 Å². The molecule has 0 aromatic rings. The minimum Gasteiger partial charge on any atom is -0.312 e. The minimum atomic E-state index is -0.204. The van der Waals surface area contributed by atoms with Gasteiger partial charge in [0, 0.05) is 6.04 Å². The molecular weight excluding hydrogens is 192 g/mol. The molecule has 84 valence electrons. The number of imide groups is 1. The third-order valence-corrected chi connectivity index (χ3v) is 3.57. The van der Waals surface area contributed by atoms with Gasteiger partial charge in [0.05, 0.1) is 0 Å². The molecule has 0 bridgehead atoms. The van der Waals surface area contributed by atoms with Crippen LogP contribution in [0.1, 0.15) is 39.5 Å². The van der Waals surface area contributed by atoms with Crippen LogP contribution in [0.15, 0.2) is 0 Å². The van der Waals surface area contributed by atoms with Crippen molar-refractivity contribution < 1.29 is 9.59 Å². The topological polar surface area (TPSA) is 49.4 Å². The molecule has 15 heavy (non-hydrogen) atoms. The average Bonchev–Trinajstić information content (AvgIpc) is 2.45. The van der Waals surface area contributed by atoms with Crippen molar-refractivity contribution in [1.29, 1.82) is 0 Å². The van der Waals surface area contributed by atoms with Gasteiger partial charge in [-0.2, -0.15) is 0 Å². The lowest BCUT2D eigenvalue weighted by Crippen LogP contribution is -2.41. The average molecular weight is 210 g/mol. The molecule has 2 fully saturated rings. The number of amides is 3. The Morgan fingerprint density at radius 2 is 1.87 bits per heavy atom. The fraction of sp³-hybridized carbons (Fsp3) is 0.818. The molecule has 4 heteroatoms. The number of urea groups is 1. The Morgan fingerprint density at radius 3 is 2.33 bits per heavy atom. The van der Waals surface area contributed by atoms with Gasteiger partial charge in [-0.05, 0) is 31.1 Å². The van der Waals surface area contributed by atoms with Crippen LogP contribution in [0, 0.1) is 5.41 Å². The zero-order valence-electron chi connectivity index (χ0n) is 9.38. The zero-order valence-corrected chi connectivity index (χ0v) is 9.38. The van der Waals surface area contributed by atoms with E-state index in [9.17, 15) is 9.59 Å². The highest BCUT2D eigenvalue weighted by molar-refractivity contribution is 6.02. The summed E-state index contributed by atoms with van der Waals surface area (Å²) in [5.41, 5.74) is 0.400. The summed E-state index contributed by atoms with van der Waals surface area (Å²) in [5, 5.41) is 2.33. The maximum absolute atomic E-state index is 11.4. The van der Waals surface area contributed by atoms with E-state index >= 15 is 0 Å². The van der Waals surface area contributed by atoms with Crippen LogP contribution in [0.4, 0.5) is 4.79 Å².